The van der Waals surface area contributed by atoms with Crippen LogP contribution < -0.4 is 10.6 Å². The molecule has 0 aliphatic heterocycles. The highest BCUT2D eigenvalue weighted by Crippen LogP contribution is 2.17. The molecule has 0 heterocycles. The van der Waals surface area contributed by atoms with Gasteiger partial charge in [0, 0.05) is 12.6 Å². The average molecular weight is 218 g/mol. The molecule has 16 heavy (non-hydrogen) atoms. The van der Waals surface area contributed by atoms with Crippen LogP contribution in [-0.4, -0.2) is 18.5 Å². The zero-order valence-electron chi connectivity index (χ0n) is 9.41. The summed E-state index contributed by atoms with van der Waals surface area (Å²) < 4.78 is 0. The van der Waals surface area contributed by atoms with Gasteiger partial charge in [-0.15, -0.1) is 0 Å². The van der Waals surface area contributed by atoms with Gasteiger partial charge in [-0.2, -0.15) is 0 Å². The fourth-order valence-electron chi connectivity index (χ4n) is 1.71. The van der Waals surface area contributed by atoms with Gasteiger partial charge in [-0.1, -0.05) is 36.8 Å². The van der Waals surface area contributed by atoms with Crippen molar-refractivity contribution in [3.05, 3.63) is 35.9 Å². The number of hydrogen-bond donors (Lipinski definition) is 2. The molecule has 1 aliphatic carbocycles. The number of rotatable bonds is 5. The van der Waals surface area contributed by atoms with E-state index in [1.54, 1.807) is 0 Å². The lowest BCUT2D eigenvalue weighted by atomic mass is 9.93. The van der Waals surface area contributed by atoms with Crippen LogP contribution in [0.4, 0.5) is 0 Å². The third kappa shape index (κ3) is 3.35. The summed E-state index contributed by atoms with van der Waals surface area (Å²) in [5, 5.41) is 6.14. The average Bonchev–Trinajstić information content (AvgIpc) is 2.26. The van der Waals surface area contributed by atoms with Crippen LogP contribution in [0.5, 0.6) is 0 Å². The minimum atomic E-state index is 0.0794. The molecule has 1 aromatic rings. The molecule has 1 fully saturated rings. The van der Waals surface area contributed by atoms with E-state index in [1.807, 2.05) is 30.3 Å². The molecule has 1 aromatic carbocycles. The third-order valence-electron chi connectivity index (χ3n) is 2.99. The van der Waals surface area contributed by atoms with Gasteiger partial charge in [0.15, 0.2) is 0 Å². The van der Waals surface area contributed by atoms with Gasteiger partial charge in [-0.3, -0.25) is 4.79 Å². The Hall–Kier alpha value is -1.35. The van der Waals surface area contributed by atoms with Crippen molar-refractivity contribution in [2.75, 3.05) is 6.54 Å². The van der Waals surface area contributed by atoms with E-state index in [9.17, 15) is 4.79 Å². The first-order chi connectivity index (χ1) is 7.84. The maximum Gasteiger partial charge on any atom is 0.234 e. The number of amides is 1. The Balaban J connectivity index is 1.63. The Morgan fingerprint density at radius 3 is 2.62 bits per heavy atom. The first kappa shape index (κ1) is 11.1. The van der Waals surface area contributed by atoms with Crippen molar-refractivity contribution in [1.82, 2.24) is 10.6 Å². The van der Waals surface area contributed by atoms with Crippen molar-refractivity contribution in [2.45, 2.75) is 31.8 Å². The molecule has 0 spiro atoms. The smallest absolute Gasteiger partial charge is 0.234 e. The molecule has 0 radical (unpaired) electrons. The standard InChI is InChI=1S/C13H18N2O/c16-13(10-14-12-7-4-8-12)15-9-11-5-2-1-3-6-11/h1-3,5-6,12,14H,4,7-10H2,(H,15,16). The van der Waals surface area contributed by atoms with Gasteiger partial charge < -0.3 is 10.6 Å². The van der Waals surface area contributed by atoms with Gasteiger partial charge in [0.2, 0.25) is 5.91 Å². The Kier molecular flexibility index (Phi) is 3.94. The molecule has 86 valence electrons. The highest BCUT2D eigenvalue weighted by Gasteiger charge is 2.17. The number of benzene rings is 1. The van der Waals surface area contributed by atoms with E-state index < -0.39 is 0 Å². The summed E-state index contributed by atoms with van der Waals surface area (Å²) in [6, 6.07) is 10.5. The van der Waals surface area contributed by atoms with E-state index in [4.69, 9.17) is 0 Å². The van der Waals surface area contributed by atoms with E-state index in [0.29, 0.717) is 19.1 Å². The number of nitrogens with one attached hydrogen (secondary N) is 2. The molecule has 2 N–H and O–H groups in total. The van der Waals surface area contributed by atoms with Gasteiger partial charge in [-0.05, 0) is 18.4 Å². The van der Waals surface area contributed by atoms with Crippen molar-refractivity contribution in [2.24, 2.45) is 0 Å². The molecular weight excluding hydrogens is 200 g/mol. The van der Waals surface area contributed by atoms with E-state index in [1.165, 1.54) is 19.3 Å². The van der Waals surface area contributed by atoms with E-state index in [0.717, 1.165) is 5.56 Å². The van der Waals surface area contributed by atoms with Crippen LogP contribution in [0, 0.1) is 0 Å². The van der Waals surface area contributed by atoms with Crippen LogP contribution in [0.3, 0.4) is 0 Å². The zero-order chi connectivity index (χ0) is 11.2. The van der Waals surface area contributed by atoms with Gasteiger partial charge >= 0.3 is 0 Å². The zero-order valence-corrected chi connectivity index (χ0v) is 9.41. The maximum absolute atomic E-state index is 11.5. The molecule has 0 atom stereocenters. The number of carbonyl (C=O) groups is 1. The number of hydrogen-bond acceptors (Lipinski definition) is 2. The lowest BCUT2D eigenvalue weighted by Crippen LogP contribution is -2.42. The highest BCUT2D eigenvalue weighted by atomic mass is 16.1. The summed E-state index contributed by atoms with van der Waals surface area (Å²) in [6.07, 6.45) is 3.72. The third-order valence-corrected chi connectivity index (χ3v) is 2.99. The minimum absolute atomic E-state index is 0.0794. The molecule has 0 unspecified atom stereocenters. The highest BCUT2D eigenvalue weighted by molar-refractivity contribution is 5.78. The van der Waals surface area contributed by atoms with E-state index in [2.05, 4.69) is 10.6 Å². The summed E-state index contributed by atoms with van der Waals surface area (Å²) in [4.78, 5) is 11.5. The molecule has 3 nitrogen and oxygen atoms in total. The van der Waals surface area contributed by atoms with Gasteiger partial charge in [0.25, 0.3) is 0 Å². The van der Waals surface area contributed by atoms with E-state index in [-0.39, 0.29) is 5.91 Å². The van der Waals surface area contributed by atoms with Gasteiger partial charge in [-0.25, -0.2) is 0 Å². The second kappa shape index (κ2) is 5.66. The Bertz CT molecular complexity index is 333. The molecule has 1 aliphatic rings. The van der Waals surface area contributed by atoms with Crippen LogP contribution in [0.25, 0.3) is 0 Å². The largest absolute Gasteiger partial charge is 0.351 e. The van der Waals surface area contributed by atoms with Crippen molar-refractivity contribution in [3.8, 4) is 0 Å². The predicted octanol–water partition coefficient (Wildman–Crippen LogP) is 1.44. The van der Waals surface area contributed by atoms with Crippen molar-refractivity contribution < 1.29 is 4.79 Å². The molecule has 3 heteroatoms. The summed E-state index contributed by atoms with van der Waals surface area (Å²) in [5.41, 5.74) is 1.14. The summed E-state index contributed by atoms with van der Waals surface area (Å²) in [7, 11) is 0. The van der Waals surface area contributed by atoms with Crippen molar-refractivity contribution in [1.29, 1.82) is 0 Å². The lowest BCUT2D eigenvalue weighted by Gasteiger charge is -2.26. The second-order valence-electron chi connectivity index (χ2n) is 4.27. The topological polar surface area (TPSA) is 41.1 Å². The Morgan fingerprint density at radius 1 is 1.25 bits per heavy atom. The second-order valence-corrected chi connectivity index (χ2v) is 4.27. The van der Waals surface area contributed by atoms with Gasteiger partial charge in [0.05, 0.1) is 6.54 Å². The van der Waals surface area contributed by atoms with E-state index >= 15 is 0 Å². The summed E-state index contributed by atoms with van der Waals surface area (Å²) in [5.74, 6) is 0.0794. The van der Waals surface area contributed by atoms with Gasteiger partial charge in [0.1, 0.15) is 0 Å². The Labute approximate surface area is 96.2 Å². The fraction of sp³-hybridized carbons (Fsp3) is 0.462. The van der Waals surface area contributed by atoms with Crippen molar-refractivity contribution in [3.63, 3.8) is 0 Å². The van der Waals surface area contributed by atoms with Crippen LogP contribution in [0.1, 0.15) is 24.8 Å². The summed E-state index contributed by atoms with van der Waals surface area (Å²) >= 11 is 0. The molecule has 2 rings (SSSR count). The molecular formula is C13H18N2O. The van der Waals surface area contributed by atoms with Crippen molar-refractivity contribution >= 4 is 5.91 Å². The molecule has 0 aromatic heterocycles. The van der Waals surface area contributed by atoms with Crippen LogP contribution in [-0.2, 0) is 11.3 Å². The monoisotopic (exact) mass is 218 g/mol. The molecule has 0 saturated heterocycles. The van der Waals surface area contributed by atoms with Crippen LogP contribution in [0.15, 0.2) is 30.3 Å². The molecule has 1 amide bonds. The first-order valence-corrected chi connectivity index (χ1v) is 5.88. The summed E-state index contributed by atoms with van der Waals surface area (Å²) in [6.45, 7) is 1.06. The minimum Gasteiger partial charge on any atom is -0.351 e. The molecule has 0 bridgehead atoms. The Morgan fingerprint density at radius 2 is 2.00 bits per heavy atom. The SMILES string of the molecule is O=C(CNC1CCC1)NCc1ccccc1. The molecule has 1 saturated carbocycles. The number of carbonyl (C=O) groups excluding carboxylic acids is 1. The fourth-order valence-corrected chi connectivity index (χ4v) is 1.71. The lowest BCUT2D eigenvalue weighted by molar-refractivity contribution is -0.120. The van der Waals surface area contributed by atoms with Crippen LogP contribution >= 0.6 is 0 Å². The predicted molar refractivity (Wildman–Crippen MR) is 63.9 cm³/mol. The maximum atomic E-state index is 11.5. The first-order valence-electron chi connectivity index (χ1n) is 5.88. The van der Waals surface area contributed by atoms with Crippen LogP contribution in [0.2, 0.25) is 0 Å². The normalized spacial score (nSPS) is 15.5. The quantitative estimate of drug-likeness (QED) is 0.785.